The molecule has 2 aromatic rings. The smallest absolute Gasteiger partial charge is 0.382 e. The third-order valence-corrected chi connectivity index (χ3v) is 5.88. The molecule has 11 nitrogen and oxygen atoms in total. The molecule has 0 aromatic carbocycles. The van der Waals surface area contributed by atoms with Gasteiger partial charge in [-0.15, -0.1) is 0 Å². The van der Waals surface area contributed by atoms with Crippen LogP contribution in [0.5, 0.6) is 0 Å². The molecular weight excluding hydrogens is 375 g/mol. The SMILES string of the molecule is N.Nc1ncnc2c1ncn2[C@H]1C[C@H](OP(=O)(O)OC2CCCCC2)CO1. The van der Waals surface area contributed by atoms with Gasteiger partial charge in [0.25, 0.3) is 0 Å². The predicted octanol–water partition coefficient (Wildman–Crippen LogP) is 2.32. The third kappa shape index (κ3) is 4.45. The standard InChI is InChI=1S/C15H22N5O5P.H3N/c16-14-13-15(18-8-17-14)20(9-19-13)12-6-11(7-23-12)25-26(21,22)24-10-4-2-1-3-5-10;/h8-12H,1-7H2,(H,21,22)(H2,16,17,18);1H3/t11-,12+;/m0./s1. The summed E-state index contributed by atoms with van der Waals surface area (Å²) in [6, 6.07) is 0. The predicted molar refractivity (Wildman–Crippen MR) is 97.0 cm³/mol. The molecule has 1 aliphatic heterocycles. The molecule has 2 fully saturated rings. The lowest BCUT2D eigenvalue weighted by Gasteiger charge is -2.25. The zero-order valence-corrected chi connectivity index (χ0v) is 15.8. The monoisotopic (exact) mass is 400 g/mol. The molecule has 0 radical (unpaired) electrons. The van der Waals surface area contributed by atoms with Crippen LogP contribution in [0.4, 0.5) is 5.82 Å². The van der Waals surface area contributed by atoms with Gasteiger partial charge in [0, 0.05) is 6.42 Å². The molecule has 2 aliphatic rings. The summed E-state index contributed by atoms with van der Waals surface area (Å²) in [5.74, 6) is 0.292. The molecule has 6 N–H and O–H groups in total. The molecule has 1 saturated heterocycles. The minimum Gasteiger partial charge on any atom is -0.382 e. The van der Waals surface area contributed by atoms with E-state index in [4.69, 9.17) is 19.5 Å². The van der Waals surface area contributed by atoms with Crippen LogP contribution in [0.15, 0.2) is 12.7 Å². The highest BCUT2D eigenvalue weighted by Crippen LogP contribution is 2.49. The number of rotatable bonds is 5. The summed E-state index contributed by atoms with van der Waals surface area (Å²) < 4.78 is 30.4. The van der Waals surface area contributed by atoms with Crippen LogP contribution in [0.2, 0.25) is 0 Å². The number of anilines is 1. The first-order valence-electron chi connectivity index (χ1n) is 8.76. The fraction of sp³-hybridized carbons (Fsp3) is 0.667. The first-order valence-corrected chi connectivity index (χ1v) is 10.3. The van der Waals surface area contributed by atoms with Gasteiger partial charge in [-0.1, -0.05) is 19.3 Å². The molecule has 3 atom stereocenters. The van der Waals surface area contributed by atoms with Crippen LogP contribution in [0.25, 0.3) is 11.2 Å². The number of hydrogen-bond donors (Lipinski definition) is 3. The lowest BCUT2D eigenvalue weighted by atomic mass is 9.98. The Morgan fingerprint density at radius 2 is 1.93 bits per heavy atom. The van der Waals surface area contributed by atoms with Crippen LogP contribution >= 0.6 is 7.82 Å². The van der Waals surface area contributed by atoms with Gasteiger partial charge in [0.05, 0.1) is 25.1 Å². The number of nitrogens with two attached hydrogens (primary N) is 1. The highest BCUT2D eigenvalue weighted by atomic mass is 31.2. The lowest BCUT2D eigenvalue weighted by Crippen LogP contribution is -2.18. The van der Waals surface area contributed by atoms with Crippen LogP contribution in [-0.2, 0) is 18.3 Å². The zero-order valence-electron chi connectivity index (χ0n) is 14.9. The van der Waals surface area contributed by atoms with Crippen molar-refractivity contribution in [1.29, 1.82) is 0 Å². The minimum atomic E-state index is -4.12. The maximum atomic E-state index is 12.3. The van der Waals surface area contributed by atoms with Crippen molar-refractivity contribution >= 4 is 24.8 Å². The van der Waals surface area contributed by atoms with Gasteiger partial charge in [0.2, 0.25) is 0 Å². The molecular formula is C15H25N6O5P. The van der Waals surface area contributed by atoms with Crippen LogP contribution in [-0.4, -0.2) is 43.2 Å². The van der Waals surface area contributed by atoms with Gasteiger partial charge in [-0.3, -0.25) is 13.6 Å². The third-order valence-electron chi connectivity index (χ3n) is 4.75. The molecule has 1 aliphatic carbocycles. The second-order valence-corrected chi connectivity index (χ2v) is 8.03. The molecule has 2 aromatic heterocycles. The van der Waals surface area contributed by atoms with E-state index in [0.29, 0.717) is 23.4 Å². The highest BCUT2D eigenvalue weighted by molar-refractivity contribution is 7.47. The van der Waals surface area contributed by atoms with Crippen LogP contribution in [0.3, 0.4) is 0 Å². The molecule has 0 bridgehead atoms. The second kappa shape index (κ2) is 8.17. The van der Waals surface area contributed by atoms with E-state index in [9.17, 15) is 9.46 Å². The van der Waals surface area contributed by atoms with Gasteiger partial charge >= 0.3 is 7.82 Å². The Kier molecular flexibility index (Phi) is 6.09. The van der Waals surface area contributed by atoms with Crippen LogP contribution in [0.1, 0.15) is 44.8 Å². The minimum absolute atomic E-state index is 0. The van der Waals surface area contributed by atoms with Gasteiger partial charge in [0.1, 0.15) is 18.1 Å². The van der Waals surface area contributed by atoms with E-state index < -0.39 is 20.2 Å². The van der Waals surface area contributed by atoms with Crippen LogP contribution < -0.4 is 11.9 Å². The van der Waals surface area contributed by atoms with E-state index in [1.165, 1.54) is 6.33 Å². The van der Waals surface area contributed by atoms with Crippen molar-refractivity contribution in [3.8, 4) is 0 Å². The number of hydrogen-bond acceptors (Lipinski definition) is 9. The fourth-order valence-electron chi connectivity index (χ4n) is 3.50. The molecule has 1 unspecified atom stereocenters. The quantitative estimate of drug-likeness (QED) is 0.633. The van der Waals surface area contributed by atoms with Gasteiger partial charge < -0.3 is 21.5 Å². The normalized spacial score (nSPS) is 26.0. The van der Waals surface area contributed by atoms with Crippen molar-refractivity contribution in [1.82, 2.24) is 25.7 Å². The van der Waals surface area contributed by atoms with Crippen molar-refractivity contribution in [3.05, 3.63) is 12.7 Å². The van der Waals surface area contributed by atoms with Gasteiger partial charge in [-0.05, 0) is 12.8 Å². The average molecular weight is 400 g/mol. The maximum absolute atomic E-state index is 12.3. The topological polar surface area (TPSA) is 170 Å². The Bertz CT molecular complexity index is 826. The Morgan fingerprint density at radius 3 is 2.70 bits per heavy atom. The number of nitrogens with zero attached hydrogens (tertiary/aromatic N) is 4. The van der Waals surface area contributed by atoms with E-state index in [0.717, 1.165) is 32.1 Å². The van der Waals surface area contributed by atoms with Crippen molar-refractivity contribution in [2.75, 3.05) is 12.3 Å². The van der Waals surface area contributed by atoms with E-state index >= 15 is 0 Å². The fourth-order valence-corrected chi connectivity index (χ4v) is 4.66. The van der Waals surface area contributed by atoms with Gasteiger partial charge in [-0.2, -0.15) is 0 Å². The number of nitrogen functional groups attached to an aromatic ring is 1. The Labute approximate surface area is 156 Å². The number of imidazole rings is 1. The molecule has 1 saturated carbocycles. The summed E-state index contributed by atoms with van der Waals surface area (Å²) in [6.45, 7) is 0.184. The van der Waals surface area contributed by atoms with Gasteiger partial charge in [-0.25, -0.2) is 19.5 Å². The van der Waals surface area contributed by atoms with Crippen molar-refractivity contribution in [2.45, 2.75) is 57.0 Å². The molecule has 27 heavy (non-hydrogen) atoms. The molecule has 12 heteroatoms. The summed E-state index contributed by atoms with van der Waals surface area (Å²) in [6.07, 6.45) is 6.89. The summed E-state index contributed by atoms with van der Waals surface area (Å²) in [5.41, 5.74) is 6.83. The summed E-state index contributed by atoms with van der Waals surface area (Å²) in [4.78, 5) is 22.3. The zero-order chi connectivity index (χ0) is 18.1. The van der Waals surface area contributed by atoms with E-state index in [1.54, 1.807) is 10.9 Å². The van der Waals surface area contributed by atoms with Gasteiger partial charge in [0.15, 0.2) is 11.5 Å². The highest BCUT2D eigenvalue weighted by Gasteiger charge is 2.36. The number of fused-ring (bicyclic) bond motifs is 1. The lowest BCUT2D eigenvalue weighted by molar-refractivity contribution is 0.0383. The number of ether oxygens (including phenoxy) is 1. The molecule has 0 amide bonds. The van der Waals surface area contributed by atoms with E-state index in [1.807, 2.05) is 0 Å². The largest absolute Gasteiger partial charge is 0.472 e. The van der Waals surface area contributed by atoms with Crippen molar-refractivity contribution < 1.29 is 23.2 Å². The summed E-state index contributed by atoms with van der Waals surface area (Å²) >= 11 is 0. The maximum Gasteiger partial charge on any atom is 0.472 e. The number of phosphoric ester groups is 1. The molecule has 150 valence electrons. The molecule has 4 rings (SSSR count). The molecule has 0 spiro atoms. The second-order valence-electron chi connectivity index (χ2n) is 6.67. The van der Waals surface area contributed by atoms with Crippen LogP contribution in [0, 0.1) is 0 Å². The Balaban J connectivity index is 0.00000210. The number of phosphoric acid groups is 1. The van der Waals surface area contributed by atoms with Crippen molar-refractivity contribution in [2.24, 2.45) is 0 Å². The summed E-state index contributed by atoms with van der Waals surface area (Å²) in [7, 11) is -4.12. The van der Waals surface area contributed by atoms with Crippen molar-refractivity contribution in [3.63, 3.8) is 0 Å². The Hall–Kier alpha value is -1.62. The first-order chi connectivity index (χ1) is 12.5. The Morgan fingerprint density at radius 1 is 1.19 bits per heavy atom. The molecule has 3 heterocycles. The average Bonchev–Trinajstić information content (AvgIpc) is 3.22. The summed E-state index contributed by atoms with van der Waals surface area (Å²) in [5, 5.41) is 0. The first kappa shape index (κ1) is 20.1. The number of aromatic nitrogens is 4. The van der Waals surface area contributed by atoms with E-state index in [-0.39, 0.29) is 18.9 Å². The van der Waals surface area contributed by atoms with E-state index in [2.05, 4.69) is 15.0 Å².